The first-order chi connectivity index (χ1) is 12.5. The molecule has 4 heterocycles. The normalized spacial score (nSPS) is 42.6. The van der Waals surface area contributed by atoms with Gasteiger partial charge in [0.2, 0.25) is 0 Å². The molecule has 0 unspecified atom stereocenters. The van der Waals surface area contributed by atoms with E-state index < -0.39 is 48.0 Å². The summed E-state index contributed by atoms with van der Waals surface area (Å²) in [5.74, 6) is 0.619. The molecule has 8 nitrogen and oxygen atoms in total. The summed E-state index contributed by atoms with van der Waals surface area (Å²) in [7, 11) is 0. The number of rotatable bonds is 7. The van der Waals surface area contributed by atoms with Gasteiger partial charge >= 0.3 is 0 Å². The Morgan fingerprint density at radius 3 is 1.63 bits per heavy atom. The SMILES string of the molecule is CC(C)C12CN3CC(C(C)C)(CN(C1)C3[C@@H](O)[C@@H](O)[C@H](O)[C@H](O)CO)C2=O. The smallest absolute Gasteiger partial charge is 0.150 e. The van der Waals surface area contributed by atoms with Crippen LogP contribution in [0.3, 0.4) is 0 Å². The molecule has 0 spiro atoms. The number of carbonyl (C=O) groups is 1. The van der Waals surface area contributed by atoms with Crippen LogP contribution in [0.4, 0.5) is 0 Å². The van der Waals surface area contributed by atoms with Crippen LogP contribution in [0, 0.1) is 22.7 Å². The fraction of sp³-hybridized carbons (Fsp3) is 0.947. The van der Waals surface area contributed by atoms with Crippen molar-refractivity contribution < 1.29 is 30.3 Å². The molecule has 0 amide bonds. The van der Waals surface area contributed by atoms with Crippen LogP contribution in [-0.4, -0.2) is 104 Å². The monoisotopic (exact) mass is 386 g/mol. The predicted molar refractivity (Wildman–Crippen MR) is 97.6 cm³/mol. The Bertz CT molecular complexity index is 537. The summed E-state index contributed by atoms with van der Waals surface area (Å²) in [6.45, 7) is 9.59. The number of ketones is 1. The summed E-state index contributed by atoms with van der Waals surface area (Å²) in [4.78, 5) is 17.6. The molecule has 0 aliphatic carbocycles. The minimum absolute atomic E-state index is 0.151. The fourth-order valence-electron chi connectivity index (χ4n) is 5.45. The third kappa shape index (κ3) is 2.88. The number of aliphatic hydroxyl groups excluding tert-OH is 5. The lowest BCUT2D eigenvalue weighted by molar-refractivity contribution is -0.244. The van der Waals surface area contributed by atoms with Crippen molar-refractivity contribution in [3.8, 4) is 0 Å². The molecule has 4 rings (SSSR count). The second-order valence-corrected chi connectivity index (χ2v) is 9.40. The van der Waals surface area contributed by atoms with E-state index in [2.05, 4.69) is 37.5 Å². The summed E-state index contributed by atoms with van der Waals surface area (Å²) in [6, 6.07) is 0. The number of Topliss-reactive ketones (excluding diaryl/α,β-unsaturated/α-hetero) is 1. The summed E-state index contributed by atoms with van der Waals surface area (Å²) in [5, 5.41) is 49.8. The molecule has 4 saturated heterocycles. The molecule has 4 atom stereocenters. The van der Waals surface area contributed by atoms with E-state index in [1.165, 1.54) is 0 Å². The number of carbonyl (C=O) groups excluding carboxylic acids is 1. The second-order valence-electron chi connectivity index (χ2n) is 9.40. The van der Waals surface area contributed by atoms with Crippen molar-refractivity contribution in [2.24, 2.45) is 22.7 Å². The highest BCUT2D eigenvalue weighted by molar-refractivity contribution is 5.94. The van der Waals surface area contributed by atoms with Gasteiger partial charge in [-0.3, -0.25) is 14.6 Å². The Labute approximate surface area is 160 Å². The third-order valence-corrected chi connectivity index (χ3v) is 7.39. The number of hydrogen-bond acceptors (Lipinski definition) is 8. The van der Waals surface area contributed by atoms with E-state index in [9.17, 15) is 25.2 Å². The van der Waals surface area contributed by atoms with Gasteiger partial charge in [0.25, 0.3) is 0 Å². The van der Waals surface area contributed by atoms with Crippen molar-refractivity contribution in [2.45, 2.75) is 58.3 Å². The Kier molecular flexibility index (Phi) is 5.49. The number of piperidine rings is 2. The van der Waals surface area contributed by atoms with E-state index in [0.717, 1.165) is 0 Å². The van der Waals surface area contributed by atoms with Crippen LogP contribution < -0.4 is 0 Å². The molecule has 4 fully saturated rings. The van der Waals surface area contributed by atoms with Gasteiger partial charge in [0.05, 0.1) is 23.6 Å². The van der Waals surface area contributed by atoms with E-state index in [0.29, 0.717) is 32.0 Å². The quantitative estimate of drug-likeness (QED) is 0.349. The zero-order chi connectivity index (χ0) is 20.3. The fourth-order valence-corrected chi connectivity index (χ4v) is 5.45. The molecular formula is C19H34N2O6. The first-order valence-electron chi connectivity index (χ1n) is 9.88. The van der Waals surface area contributed by atoms with Crippen LogP contribution in [-0.2, 0) is 4.79 Å². The topological polar surface area (TPSA) is 125 Å². The predicted octanol–water partition coefficient (Wildman–Crippen LogP) is -1.75. The minimum atomic E-state index is -1.65. The molecule has 0 aromatic rings. The van der Waals surface area contributed by atoms with Gasteiger partial charge in [0, 0.05) is 26.2 Å². The summed E-state index contributed by atoms with van der Waals surface area (Å²) < 4.78 is 0. The van der Waals surface area contributed by atoms with Crippen LogP contribution in [0.15, 0.2) is 0 Å². The molecule has 0 saturated carbocycles. The summed E-state index contributed by atoms with van der Waals surface area (Å²) >= 11 is 0. The van der Waals surface area contributed by atoms with Gasteiger partial charge < -0.3 is 25.5 Å². The molecule has 0 radical (unpaired) electrons. The van der Waals surface area contributed by atoms with E-state index in [-0.39, 0.29) is 11.8 Å². The van der Waals surface area contributed by atoms with Gasteiger partial charge in [-0.25, -0.2) is 0 Å². The molecule has 4 aliphatic heterocycles. The van der Waals surface area contributed by atoms with Gasteiger partial charge in [0.15, 0.2) is 5.78 Å². The van der Waals surface area contributed by atoms with Crippen LogP contribution in [0.1, 0.15) is 27.7 Å². The lowest BCUT2D eigenvalue weighted by Crippen LogP contribution is -2.83. The highest BCUT2D eigenvalue weighted by atomic mass is 16.4. The average Bonchev–Trinajstić information content (AvgIpc) is 2.62. The van der Waals surface area contributed by atoms with Gasteiger partial charge in [-0.2, -0.15) is 0 Å². The van der Waals surface area contributed by atoms with Crippen molar-refractivity contribution in [1.29, 1.82) is 0 Å². The number of nitrogens with zero attached hydrogens (tertiary/aromatic N) is 2. The highest BCUT2D eigenvalue weighted by Gasteiger charge is 2.68. The Morgan fingerprint density at radius 1 is 0.889 bits per heavy atom. The van der Waals surface area contributed by atoms with E-state index >= 15 is 0 Å². The largest absolute Gasteiger partial charge is 0.394 e. The standard InChI is InChI=1S/C19H34N2O6/c1-10(2)18-6-20-8-19(11(3)4,17(18)27)9-21(7-18)16(20)15(26)14(25)13(24)12(23)5-22/h10-16,22-26H,5-9H2,1-4H3/t12-,13-,14+,15+,16?,18?,19?/m1/s1. The van der Waals surface area contributed by atoms with Crippen molar-refractivity contribution in [3.63, 3.8) is 0 Å². The molecule has 4 aliphatic rings. The highest BCUT2D eigenvalue weighted by Crippen LogP contribution is 2.54. The van der Waals surface area contributed by atoms with Crippen molar-refractivity contribution in [1.82, 2.24) is 9.80 Å². The van der Waals surface area contributed by atoms with Crippen LogP contribution in [0.25, 0.3) is 0 Å². The summed E-state index contributed by atoms with van der Waals surface area (Å²) in [6.07, 6.45) is -6.64. The van der Waals surface area contributed by atoms with E-state index in [4.69, 9.17) is 5.11 Å². The van der Waals surface area contributed by atoms with Crippen molar-refractivity contribution in [2.75, 3.05) is 32.8 Å². The minimum Gasteiger partial charge on any atom is -0.394 e. The maximum atomic E-state index is 13.5. The maximum absolute atomic E-state index is 13.5. The van der Waals surface area contributed by atoms with Gasteiger partial charge in [-0.1, -0.05) is 27.7 Å². The van der Waals surface area contributed by atoms with Gasteiger partial charge in [-0.15, -0.1) is 0 Å². The molecular weight excluding hydrogens is 352 g/mol. The second kappa shape index (κ2) is 7.02. The Balaban J connectivity index is 1.91. The molecule has 4 bridgehead atoms. The molecule has 0 aromatic carbocycles. The average molecular weight is 386 g/mol. The lowest BCUT2D eigenvalue weighted by Gasteiger charge is -2.69. The van der Waals surface area contributed by atoms with Crippen molar-refractivity contribution >= 4 is 5.78 Å². The molecule has 8 heteroatoms. The Hall–Kier alpha value is -0.610. The van der Waals surface area contributed by atoms with Gasteiger partial charge in [-0.05, 0) is 11.8 Å². The molecule has 0 aromatic heterocycles. The van der Waals surface area contributed by atoms with Crippen LogP contribution in [0.2, 0.25) is 0 Å². The molecule has 156 valence electrons. The number of hydrogen-bond donors (Lipinski definition) is 5. The van der Waals surface area contributed by atoms with Crippen LogP contribution >= 0.6 is 0 Å². The zero-order valence-corrected chi connectivity index (χ0v) is 16.6. The lowest BCUT2D eigenvalue weighted by atomic mass is 9.53. The van der Waals surface area contributed by atoms with Gasteiger partial charge in [0.1, 0.15) is 24.4 Å². The zero-order valence-electron chi connectivity index (χ0n) is 16.6. The van der Waals surface area contributed by atoms with E-state index in [1.54, 1.807) is 0 Å². The Morgan fingerprint density at radius 2 is 1.30 bits per heavy atom. The molecule has 5 N–H and O–H groups in total. The third-order valence-electron chi connectivity index (χ3n) is 7.39. The first kappa shape index (κ1) is 21.1. The number of aliphatic hydroxyl groups is 5. The first-order valence-corrected chi connectivity index (χ1v) is 9.88. The summed E-state index contributed by atoms with van der Waals surface area (Å²) in [5.41, 5.74) is -0.990. The van der Waals surface area contributed by atoms with E-state index in [1.807, 2.05) is 0 Å². The maximum Gasteiger partial charge on any atom is 0.150 e. The van der Waals surface area contributed by atoms with Crippen LogP contribution in [0.5, 0.6) is 0 Å². The molecule has 27 heavy (non-hydrogen) atoms. The van der Waals surface area contributed by atoms with Crippen molar-refractivity contribution in [3.05, 3.63) is 0 Å².